The second kappa shape index (κ2) is 7.23. The first-order chi connectivity index (χ1) is 11.2. The fraction of sp³-hybridized carbons (Fsp3) is 0.667. The lowest BCUT2D eigenvalue weighted by Crippen LogP contribution is -2.49. The molecule has 0 aromatic carbocycles. The van der Waals surface area contributed by atoms with Crippen LogP contribution in [0.2, 0.25) is 0 Å². The summed E-state index contributed by atoms with van der Waals surface area (Å²) >= 11 is 1.62. The van der Waals surface area contributed by atoms with Gasteiger partial charge in [-0.1, -0.05) is 12.8 Å². The van der Waals surface area contributed by atoms with E-state index >= 15 is 0 Å². The summed E-state index contributed by atoms with van der Waals surface area (Å²) in [6, 6.07) is 4.04. The zero-order chi connectivity index (χ0) is 18.0. The summed E-state index contributed by atoms with van der Waals surface area (Å²) in [6.45, 7) is 6.79. The largest absolute Gasteiger partial charge is 0.450 e. The van der Waals surface area contributed by atoms with Crippen LogP contribution in [0.1, 0.15) is 69.2 Å². The Kier molecular flexibility index (Phi) is 5.71. The van der Waals surface area contributed by atoms with Gasteiger partial charge >= 0.3 is 5.97 Å². The molecule has 1 heterocycles. The highest BCUT2D eigenvalue weighted by Gasteiger charge is 2.39. The molecule has 0 bridgehead atoms. The average molecular weight is 353 g/mol. The summed E-state index contributed by atoms with van der Waals surface area (Å²) in [4.78, 5) is 25.7. The number of rotatable bonds is 6. The topological polar surface area (TPSA) is 75.6 Å². The molecule has 2 N–H and O–H groups in total. The first-order valence-corrected chi connectivity index (χ1v) is 9.24. The molecule has 0 radical (unpaired) electrons. The van der Waals surface area contributed by atoms with E-state index in [2.05, 4.69) is 11.4 Å². The maximum atomic E-state index is 12.4. The molecule has 1 aliphatic carbocycles. The fourth-order valence-electron chi connectivity index (χ4n) is 3.29. The van der Waals surface area contributed by atoms with Crippen molar-refractivity contribution in [3.8, 4) is 0 Å². The summed E-state index contributed by atoms with van der Waals surface area (Å²) in [5.41, 5.74) is -1.26. The van der Waals surface area contributed by atoms with Gasteiger partial charge in [0.2, 0.25) is 0 Å². The number of nitrogens with one attached hydrogen (secondary N) is 1. The fourth-order valence-corrected chi connectivity index (χ4v) is 4.48. The molecular weight excluding hydrogens is 326 g/mol. The van der Waals surface area contributed by atoms with Crippen molar-refractivity contribution in [2.75, 3.05) is 6.54 Å². The minimum atomic E-state index is -1.17. The molecule has 24 heavy (non-hydrogen) atoms. The second-order valence-corrected chi connectivity index (χ2v) is 8.27. The molecule has 1 amide bonds. The number of ether oxygens (including phenoxy) is 1. The number of hydrogen-bond donors (Lipinski definition) is 2. The zero-order valence-corrected chi connectivity index (χ0v) is 15.7. The molecule has 2 rings (SSSR count). The van der Waals surface area contributed by atoms with Gasteiger partial charge in [0.1, 0.15) is 0 Å². The van der Waals surface area contributed by atoms with Crippen LogP contribution in [0.25, 0.3) is 0 Å². The number of aliphatic hydroxyl groups excluding tert-OH is 1. The standard InChI is InChI=1S/C18H27NO4S/c1-12(20)14-7-8-15(24-14)18(9-5-6-10-18)11-19-16(22)17(3,4)23-13(2)21/h7-8,12,20H,5-6,9-11H2,1-4H3,(H,19,22)/t12-/m0/s1. The van der Waals surface area contributed by atoms with Gasteiger partial charge in [-0.3, -0.25) is 9.59 Å². The Balaban J connectivity index is 2.11. The van der Waals surface area contributed by atoms with Crippen molar-refractivity contribution in [2.45, 2.75) is 70.5 Å². The van der Waals surface area contributed by atoms with Gasteiger partial charge < -0.3 is 15.2 Å². The molecule has 0 aliphatic heterocycles. The lowest BCUT2D eigenvalue weighted by Gasteiger charge is -2.31. The van der Waals surface area contributed by atoms with E-state index in [-0.39, 0.29) is 11.3 Å². The number of amides is 1. The van der Waals surface area contributed by atoms with Gasteiger partial charge in [-0.2, -0.15) is 0 Å². The molecule has 134 valence electrons. The van der Waals surface area contributed by atoms with Crippen molar-refractivity contribution in [3.63, 3.8) is 0 Å². The first kappa shape index (κ1) is 18.9. The van der Waals surface area contributed by atoms with Gasteiger partial charge in [-0.05, 0) is 45.7 Å². The molecule has 6 heteroatoms. The Bertz CT molecular complexity index is 600. The van der Waals surface area contributed by atoms with Crippen LogP contribution in [-0.2, 0) is 19.7 Å². The normalized spacial score (nSPS) is 18.2. The van der Waals surface area contributed by atoms with Gasteiger partial charge in [0.15, 0.2) is 5.60 Å². The molecule has 1 saturated carbocycles. The van der Waals surface area contributed by atoms with E-state index in [0.717, 1.165) is 30.6 Å². The van der Waals surface area contributed by atoms with E-state index in [4.69, 9.17) is 4.74 Å². The lowest BCUT2D eigenvalue weighted by molar-refractivity contribution is -0.163. The van der Waals surface area contributed by atoms with Gasteiger partial charge in [0, 0.05) is 28.6 Å². The highest BCUT2D eigenvalue weighted by molar-refractivity contribution is 7.12. The summed E-state index contributed by atoms with van der Waals surface area (Å²) < 4.78 is 5.11. The maximum absolute atomic E-state index is 12.4. The van der Waals surface area contributed by atoms with Crippen LogP contribution in [0.15, 0.2) is 12.1 Å². The van der Waals surface area contributed by atoms with Gasteiger partial charge in [-0.25, -0.2) is 0 Å². The van der Waals surface area contributed by atoms with Gasteiger partial charge in [0.05, 0.1) is 6.10 Å². The number of thiophene rings is 1. The van der Waals surface area contributed by atoms with E-state index in [0.29, 0.717) is 6.54 Å². The third kappa shape index (κ3) is 4.16. The molecule has 1 aromatic rings. The van der Waals surface area contributed by atoms with Crippen molar-refractivity contribution in [2.24, 2.45) is 0 Å². The third-order valence-electron chi connectivity index (χ3n) is 4.65. The second-order valence-electron chi connectivity index (χ2n) is 7.15. The summed E-state index contributed by atoms with van der Waals surface area (Å²) in [6.07, 6.45) is 3.82. The Morgan fingerprint density at radius 1 is 1.38 bits per heavy atom. The van der Waals surface area contributed by atoms with Crippen molar-refractivity contribution in [3.05, 3.63) is 21.9 Å². The van der Waals surface area contributed by atoms with Gasteiger partial charge in [-0.15, -0.1) is 11.3 Å². The van der Waals surface area contributed by atoms with E-state index < -0.39 is 17.7 Å². The minimum absolute atomic E-state index is 0.0836. The van der Waals surface area contributed by atoms with E-state index in [1.165, 1.54) is 11.8 Å². The van der Waals surface area contributed by atoms with E-state index in [1.807, 2.05) is 6.07 Å². The summed E-state index contributed by atoms with van der Waals surface area (Å²) in [7, 11) is 0. The summed E-state index contributed by atoms with van der Waals surface area (Å²) in [5.74, 6) is -0.748. The Hall–Kier alpha value is -1.40. The minimum Gasteiger partial charge on any atom is -0.450 e. The van der Waals surface area contributed by atoms with Crippen LogP contribution in [0.4, 0.5) is 0 Å². The molecule has 1 fully saturated rings. The quantitative estimate of drug-likeness (QED) is 0.771. The predicted molar refractivity (Wildman–Crippen MR) is 94.0 cm³/mol. The monoisotopic (exact) mass is 353 g/mol. The predicted octanol–water partition coefficient (Wildman–Crippen LogP) is 3.07. The van der Waals surface area contributed by atoms with E-state index in [9.17, 15) is 14.7 Å². The molecule has 0 spiro atoms. The van der Waals surface area contributed by atoms with Gasteiger partial charge in [0.25, 0.3) is 5.91 Å². The van der Waals surface area contributed by atoms with Crippen molar-refractivity contribution >= 4 is 23.2 Å². The van der Waals surface area contributed by atoms with E-state index in [1.54, 1.807) is 32.1 Å². The number of carbonyl (C=O) groups excluding carboxylic acids is 2. The van der Waals surface area contributed by atoms with Crippen LogP contribution < -0.4 is 5.32 Å². The number of esters is 1. The molecule has 0 saturated heterocycles. The third-order valence-corrected chi connectivity index (χ3v) is 6.16. The Morgan fingerprint density at radius 2 is 2.00 bits per heavy atom. The average Bonchev–Trinajstić information content (AvgIpc) is 3.13. The number of aliphatic hydroxyl groups is 1. The lowest BCUT2D eigenvalue weighted by atomic mass is 9.84. The van der Waals surface area contributed by atoms with Crippen LogP contribution in [0.5, 0.6) is 0 Å². The van der Waals surface area contributed by atoms with Crippen molar-refractivity contribution < 1.29 is 19.4 Å². The smallest absolute Gasteiger partial charge is 0.303 e. The number of carbonyl (C=O) groups is 2. The molecule has 0 unspecified atom stereocenters. The maximum Gasteiger partial charge on any atom is 0.303 e. The Morgan fingerprint density at radius 3 is 2.50 bits per heavy atom. The van der Waals surface area contributed by atoms with Crippen LogP contribution >= 0.6 is 11.3 Å². The number of hydrogen-bond acceptors (Lipinski definition) is 5. The van der Waals surface area contributed by atoms with Crippen molar-refractivity contribution in [1.82, 2.24) is 5.32 Å². The van der Waals surface area contributed by atoms with Crippen LogP contribution in [-0.4, -0.2) is 29.1 Å². The molecule has 1 aromatic heterocycles. The highest BCUT2D eigenvalue weighted by atomic mass is 32.1. The molecule has 1 aliphatic rings. The highest BCUT2D eigenvalue weighted by Crippen LogP contribution is 2.44. The van der Waals surface area contributed by atoms with Crippen LogP contribution in [0.3, 0.4) is 0 Å². The summed E-state index contributed by atoms with van der Waals surface area (Å²) in [5, 5.41) is 12.7. The zero-order valence-electron chi connectivity index (χ0n) is 14.8. The Labute approximate surface area is 147 Å². The molecular formula is C18H27NO4S. The molecule has 1 atom stereocenters. The molecule has 5 nitrogen and oxygen atoms in total. The van der Waals surface area contributed by atoms with Crippen LogP contribution in [0, 0.1) is 0 Å². The SMILES string of the molecule is CC(=O)OC(C)(C)C(=O)NCC1(c2ccc([C@H](C)O)s2)CCCC1. The van der Waals surface area contributed by atoms with Crippen molar-refractivity contribution in [1.29, 1.82) is 0 Å². The first-order valence-electron chi connectivity index (χ1n) is 8.42.